The average Bonchev–Trinajstić information content (AvgIpc) is 2.33. The predicted octanol–water partition coefficient (Wildman–Crippen LogP) is 2.42. The maximum atomic E-state index is 13.2. The molecule has 0 aromatic heterocycles. The summed E-state index contributed by atoms with van der Waals surface area (Å²) in [4.78, 5) is 11.2. The van der Waals surface area contributed by atoms with E-state index in [9.17, 15) is 17.8 Å². The zero-order chi connectivity index (χ0) is 14.6. The van der Waals surface area contributed by atoms with Crippen LogP contribution in [-0.4, -0.2) is 29.1 Å². The van der Waals surface area contributed by atoms with E-state index in [2.05, 4.69) is 15.5 Å². The van der Waals surface area contributed by atoms with Gasteiger partial charge in [-0.15, -0.1) is 0 Å². The molecule has 1 rings (SSSR count). The monoisotopic (exact) mass is 296 g/mol. The van der Waals surface area contributed by atoms with Crippen molar-refractivity contribution in [3.63, 3.8) is 0 Å². The highest BCUT2D eigenvalue weighted by Crippen LogP contribution is 2.32. The maximum absolute atomic E-state index is 13.2. The molecule has 0 bridgehead atoms. The van der Waals surface area contributed by atoms with Gasteiger partial charge in [-0.05, 0) is 31.1 Å². The van der Waals surface area contributed by atoms with Crippen molar-refractivity contribution in [3.8, 4) is 0 Å². The summed E-state index contributed by atoms with van der Waals surface area (Å²) in [6, 6.07) is 0. The van der Waals surface area contributed by atoms with Gasteiger partial charge in [0.25, 0.3) is 0 Å². The molecule has 0 N–H and O–H groups in total. The van der Waals surface area contributed by atoms with Crippen LogP contribution in [0.4, 0.5) is 8.78 Å². The lowest BCUT2D eigenvalue weighted by molar-refractivity contribution is -0.162. The van der Waals surface area contributed by atoms with Gasteiger partial charge in [0.2, 0.25) is 11.1 Å². The molecule has 3 unspecified atom stereocenters. The molecule has 4 nitrogen and oxygen atoms in total. The SMILES string of the molecule is C=C1CC(C)CC(COC(=O)C(F)(F)S(=O)OC)C1. The minimum atomic E-state index is -4.13. The van der Waals surface area contributed by atoms with Gasteiger partial charge >= 0.3 is 11.2 Å². The van der Waals surface area contributed by atoms with Gasteiger partial charge in [0.05, 0.1) is 13.7 Å². The van der Waals surface area contributed by atoms with Crippen molar-refractivity contribution < 1.29 is 26.7 Å². The Labute approximate surface area is 113 Å². The molecule has 0 spiro atoms. The third kappa shape index (κ3) is 4.35. The molecule has 1 aliphatic rings. The molecule has 19 heavy (non-hydrogen) atoms. The third-order valence-electron chi connectivity index (χ3n) is 3.00. The first-order valence-electron chi connectivity index (χ1n) is 5.95. The second-order valence-corrected chi connectivity index (χ2v) is 6.20. The van der Waals surface area contributed by atoms with Crippen LogP contribution in [-0.2, 0) is 24.8 Å². The fourth-order valence-electron chi connectivity index (χ4n) is 2.30. The fraction of sp³-hybridized carbons (Fsp3) is 0.750. The topological polar surface area (TPSA) is 52.6 Å². The maximum Gasteiger partial charge on any atom is 0.439 e. The number of hydrogen-bond donors (Lipinski definition) is 0. The highest BCUT2D eigenvalue weighted by molar-refractivity contribution is 7.82. The molecule has 0 radical (unpaired) electrons. The number of ether oxygens (including phenoxy) is 1. The molecule has 0 amide bonds. The van der Waals surface area contributed by atoms with E-state index in [1.807, 2.05) is 6.92 Å². The zero-order valence-electron chi connectivity index (χ0n) is 11.0. The van der Waals surface area contributed by atoms with E-state index in [0.717, 1.165) is 25.5 Å². The van der Waals surface area contributed by atoms with Crippen LogP contribution in [0.1, 0.15) is 26.2 Å². The number of carbonyl (C=O) groups is 1. The number of esters is 1. The van der Waals surface area contributed by atoms with Gasteiger partial charge in [0, 0.05) is 0 Å². The van der Waals surface area contributed by atoms with Gasteiger partial charge in [0.15, 0.2) is 0 Å². The summed E-state index contributed by atoms with van der Waals surface area (Å²) >= 11 is -3.01. The number of carbonyl (C=O) groups excluding carboxylic acids is 1. The number of allylic oxidation sites excluding steroid dienone is 1. The van der Waals surface area contributed by atoms with Crippen molar-refractivity contribution in [1.29, 1.82) is 0 Å². The number of halogens is 2. The molecular weight excluding hydrogens is 278 g/mol. The quantitative estimate of drug-likeness (QED) is 0.577. The van der Waals surface area contributed by atoms with E-state index >= 15 is 0 Å². The lowest BCUT2D eigenvalue weighted by atomic mass is 9.80. The number of hydrogen-bond acceptors (Lipinski definition) is 4. The Kier molecular flexibility index (Phi) is 5.61. The smallest absolute Gasteiger partial charge is 0.439 e. The van der Waals surface area contributed by atoms with Crippen LogP contribution in [0.3, 0.4) is 0 Å². The highest BCUT2D eigenvalue weighted by Gasteiger charge is 2.49. The Morgan fingerprint density at radius 3 is 2.68 bits per heavy atom. The number of alkyl halides is 2. The summed E-state index contributed by atoms with van der Waals surface area (Å²) in [6.45, 7) is 5.80. The summed E-state index contributed by atoms with van der Waals surface area (Å²) in [7, 11) is 0.837. The van der Waals surface area contributed by atoms with Crippen LogP contribution in [0.5, 0.6) is 0 Å². The van der Waals surface area contributed by atoms with Crippen LogP contribution in [0, 0.1) is 11.8 Å². The standard InChI is InChI=1S/C12H18F2O4S/c1-8-4-9(2)6-10(5-8)7-18-11(15)12(13,14)19(16)17-3/h9-10H,1,4-7H2,2-3H3. The second kappa shape index (κ2) is 6.56. The van der Waals surface area contributed by atoms with E-state index in [4.69, 9.17) is 0 Å². The van der Waals surface area contributed by atoms with Crippen molar-refractivity contribution in [2.24, 2.45) is 11.8 Å². The van der Waals surface area contributed by atoms with Crippen LogP contribution in [0.2, 0.25) is 0 Å². The van der Waals surface area contributed by atoms with Crippen LogP contribution in [0.15, 0.2) is 12.2 Å². The lowest BCUT2D eigenvalue weighted by Crippen LogP contribution is -2.37. The van der Waals surface area contributed by atoms with Gasteiger partial charge in [0.1, 0.15) is 0 Å². The molecule has 3 atom stereocenters. The summed E-state index contributed by atoms with van der Waals surface area (Å²) in [6.07, 6.45) is 2.37. The van der Waals surface area contributed by atoms with E-state index in [1.165, 1.54) is 0 Å². The molecule has 7 heteroatoms. The van der Waals surface area contributed by atoms with Gasteiger partial charge < -0.3 is 4.74 Å². The van der Waals surface area contributed by atoms with Crippen molar-refractivity contribution in [3.05, 3.63) is 12.2 Å². The Morgan fingerprint density at radius 1 is 1.53 bits per heavy atom. The average molecular weight is 296 g/mol. The highest BCUT2D eigenvalue weighted by atomic mass is 32.2. The van der Waals surface area contributed by atoms with Crippen LogP contribution >= 0.6 is 0 Å². The lowest BCUT2D eigenvalue weighted by Gasteiger charge is -2.28. The second-order valence-electron chi connectivity index (χ2n) is 4.88. The Morgan fingerprint density at radius 2 is 2.16 bits per heavy atom. The summed E-state index contributed by atoms with van der Waals surface area (Å²) in [5.74, 6) is -1.41. The van der Waals surface area contributed by atoms with Crippen molar-refractivity contribution >= 4 is 17.0 Å². The first-order valence-corrected chi connectivity index (χ1v) is 7.02. The molecule has 0 aromatic carbocycles. The molecule has 110 valence electrons. The molecular formula is C12H18F2O4S. The van der Waals surface area contributed by atoms with E-state index in [-0.39, 0.29) is 12.5 Å². The normalized spacial score (nSPS) is 26.0. The Hall–Kier alpha value is -0.820. The summed E-state index contributed by atoms with van der Waals surface area (Å²) < 4.78 is 45.8. The summed E-state index contributed by atoms with van der Waals surface area (Å²) in [5, 5.41) is -4.13. The fourth-order valence-corrected chi connectivity index (χ4v) is 2.70. The van der Waals surface area contributed by atoms with Crippen LogP contribution < -0.4 is 0 Å². The van der Waals surface area contributed by atoms with Gasteiger partial charge in [-0.2, -0.15) is 8.78 Å². The molecule has 0 heterocycles. The Bertz CT molecular complexity index is 384. The molecule has 1 saturated carbocycles. The van der Waals surface area contributed by atoms with Gasteiger partial charge in [-0.1, -0.05) is 19.1 Å². The van der Waals surface area contributed by atoms with Crippen molar-refractivity contribution in [2.45, 2.75) is 31.4 Å². The van der Waals surface area contributed by atoms with Crippen molar-refractivity contribution in [1.82, 2.24) is 0 Å². The first-order chi connectivity index (χ1) is 8.77. The first kappa shape index (κ1) is 16.2. The molecule has 1 aliphatic carbocycles. The zero-order valence-corrected chi connectivity index (χ0v) is 11.8. The van der Waals surface area contributed by atoms with Gasteiger partial charge in [-0.25, -0.2) is 9.00 Å². The predicted molar refractivity (Wildman–Crippen MR) is 66.7 cm³/mol. The largest absolute Gasteiger partial charge is 0.460 e. The van der Waals surface area contributed by atoms with E-state index in [0.29, 0.717) is 12.3 Å². The van der Waals surface area contributed by atoms with Crippen molar-refractivity contribution in [2.75, 3.05) is 13.7 Å². The van der Waals surface area contributed by atoms with E-state index < -0.39 is 22.3 Å². The van der Waals surface area contributed by atoms with Gasteiger partial charge in [-0.3, -0.25) is 4.18 Å². The summed E-state index contributed by atoms with van der Waals surface area (Å²) in [5.41, 5.74) is 1.03. The van der Waals surface area contributed by atoms with E-state index in [1.54, 1.807) is 0 Å². The van der Waals surface area contributed by atoms with Crippen LogP contribution in [0.25, 0.3) is 0 Å². The molecule has 0 aliphatic heterocycles. The molecule has 0 saturated heterocycles. The Balaban J connectivity index is 2.50. The minimum Gasteiger partial charge on any atom is -0.460 e. The molecule has 0 aromatic rings. The minimum absolute atomic E-state index is 0.00743. The number of rotatable bonds is 5. The molecule has 1 fully saturated rings. The third-order valence-corrected chi connectivity index (χ3v) is 3.89.